The fourth-order valence-corrected chi connectivity index (χ4v) is 4.17. The number of unbranched alkanes of at least 4 members (excludes halogenated alkanes) is 1. The minimum absolute atomic E-state index is 0.245. The van der Waals surface area contributed by atoms with Gasteiger partial charge in [0.15, 0.2) is 5.76 Å². The Bertz CT molecular complexity index is 1480. The highest BCUT2D eigenvalue weighted by Crippen LogP contribution is 2.26. The fourth-order valence-electron chi connectivity index (χ4n) is 3.91. The van der Waals surface area contributed by atoms with Gasteiger partial charge in [-0.1, -0.05) is 53.5 Å². The van der Waals surface area contributed by atoms with Gasteiger partial charge in [0, 0.05) is 15.7 Å². The van der Waals surface area contributed by atoms with Gasteiger partial charge in [0.05, 0.1) is 5.69 Å². The Balaban J connectivity index is 1.35. The van der Waals surface area contributed by atoms with E-state index >= 15 is 0 Å². The smallest absolute Gasteiger partial charge is 0.291 e. The maximum Gasteiger partial charge on any atom is 0.291 e. The molecule has 0 aliphatic rings. The van der Waals surface area contributed by atoms with Gasteiger partial charge in [0.2, 0.25) is 0 Å². The first kappa shape index (κ1) is 23.1. The Kier molecular flexibility index (Phi) is 6.51. The molecule has 5 rings (SSSR count). The molecule has 7 heteroatoms. The molecule has 176 valence electrons. The second-order valence-electron chi connectivity index (χ2n) is 8.54. The Morgan fingerprint density at radius 2 is 1.69 bits per heavy atom. The summed E-state index contributed by atoms with van der Waals surface area (Å²) in [4.78, 5) is 14.5. The summed E-state index contributed by atoms with van der Waals surface area (Å²) < 4.78 is 6.79. The number of fused-ring (bicyclic) bond motifs is 1. The summed E-state index contributed by atoms with van der Waals surface area (Å²) >= 11 is 3.43. The van der Waals surface area contributed by atoms with Crippen LogP contribution in [-0.2, 0) is 6.42 Å². The Labute approximate surface area is 212 Å². The largest absolute Gasteiger partial charge is 0.451 e. The lowest BCUT2D eigenvalue weighted by atomic mass is 10.1. The fraction of sp³-hybridized carbons (Fsp3) is 0.179. The van der Waals surface area contributed by atoms with Gasteiger partial charge in [0.1, 0.15) is 16.8 Å². The van der Waals surface area contributed by atoms with Crippen molar-refractivity contribution in [2.45, 2.75) is 33.1 Å². The predicted octanol–water partition coefficient (Wildman–Crippen LogP) is 7.35. The van der Waals surface area contributed by atoms with E-state index in [1.807, 2.05) is 55.5 Å². The summed E-state index contributed by atoms with van der Waals surface area (Å²) in [5, 5.41) is 12.2. The van der Waals surface area contributed by atoms with E-state index in [2.05, 4.69) is 50.5 Å². The van der Waals surface area contributed by atoms with E-state index in [-0.39, 0.29) is 11.7 Å². The van der Waals surface area contributed by atoms with Crippen LogP contribution in [0.4, 0.5) is 5.69 Å². The second-order valence-corrected chi connectivity index (χ2v) is 9.46. The van der Waals surface area contributed by atoms with Crippen molar-refractivity contribution in [1.82, 2.24) is 15.0 Å². The molecular weight excluding hydrogens is 504 g/mol. The zero-order valence-corrected chi connectivity index (χ0v) is 21.2. The number of nitrogens with zero attached hydrogens (tertiary/aromatic N) is 3. The molecule has 0 fully saturated rings. The molecule has 35 heavy (non-hydrogen) atoms. The molecular formula is C28H25BrN4O2. The van der Waals surface area contributed by atoms with Crippen molar-refractivity contribution in [2.75, 3.05) is 5.32 Å². The quantitative estimate of drug-likeness (QED) is 0.239. The molecule has 0 bridgehead atoms. The van der Waals surface area contributed by atoms with Crippen molar-refractivity contribution in [3.05, 3.63) is 94.2 Å². The van der Waals surface area contributed by atoms with E-state index in [1.165, 1.54) is 18.4 Å². The van der Waals surface area contributed by atoms with Crippen molar-refractivity contribution in [1.29, 1.82) is 0 Å². The van der Waals surface area contributed by atoms with E-state index in [1.54, 1.807) is 16.9 Å². The molecule has 2 aromatic heterocycles. The van der Waals surface area contributed by atoms with Crippen LogP contribution in [0.2, 0.25) is 0 Å². The summed E-state index contributed by atoms with van der Waals surface area (Å²) in [5.41, 5.74) is 6.16. The minimum Gasteiger partial charge on any atom is -0.451 e. The van der Waals surface area contributed by atoms with Crippen molar-refractivity contribution < 1.29 is 9.21 Å². The highest BCUT2D eigenvalue weighted by atomic mass is 79.9. The average Bonchev–Trinajstić information content (AvgIpc) is 3.51. The van der Waals surface area contributed by atoms with Gasteiger partial charge in [0.25, 0.3) is 5.91 Å². The van der Waals surface area contributed by atoms with Crippen molar-refractivity contribution >= 4 is 38.6 Å². The highest BCUT2D eigenvalue weighted by Gasteiger charge is 2.15. The number of halogens is 1. The number of amides is 1. The SMILES string of the molecule is CCCCc1ccc(-n2nc3cc(C)c(NC(=O)c4ccc(-c5ccc(Br)cc5)o4)cc3n2)cc1. The van der Waals surface area contributed by atoms with Gasteiger partial charge in [-0.05, 0) is 79.4 Å². The Morgan fingerprint density at radius 1 is 0.971 bits per heavy atom. The van der Waals surface area contributed by atoms with Gasteiger partial charge in [-0.15, -0.1) is 10.2 Å². The molecule has 0 radical (unpaired) electrons. The number of rotatable bonds is 7. The topological polar surface area (TPSA) is 73.0 Å². The average molecular weight is 529 g/mol. The molecule has 1 amide bonds. The summed E-state index contributed by atoms with van der Waals surface area (Å²) in [6.07, 6.45) is 3.44. The van der Waals surface area contributed by atoms with E-state index in [9.17, 15) is 4.79 Å². The first-order valence-corrected chi connectivity index (χ1v) is 12.4. The molecule has 0 aliphatic heterocycles. The van der Waals surface area contributed by atoms with Crippen LogP contribution < -0.4 is 5.32 Å². The Morgan fingerprint density at radius 3 is 2.40 bits per heavy atom. The lowest BCUT2D eigenvalue weighted by Gasteiger charge is -2.06. The molecule has 2 heterocycles. The standard InChI is InChI=1S/C28H25BrN4O2/c1-3-4-5-19-6-12-22(13-7-19)33-31-24-16-18(2)23(17-25(24)32-33)30-28(34)27-15-14-26(35-27)20-8-10-21(29)11-9-20/h6-17H,3-5H2,1-2H3,(H,30,34). The molecule has 0 unspecified atom stereocenters. The lowest BCUT2D eigenvalue weighted by molar-refractivity contribution is 0.0997. The van der Waals surface area contributed by atoms with Crippen LogP contribution in [0.5, 0.6) is 0 Å². The van der Waals surface area contributed by atoms with Crippen LogP contribution in [0, 0.1) is 6.92 Å². The van der Waals surface area contributed by atoms with Crippen LogP contribution in [0.15, 0.2) is 81.7 Å². The number of hydrogen-bond donors (Lipinski definition) is 1. The van der Waals surface area contributed by atoms with Crippen LogP contribution >= 0.6 is 15.9 Å². The zero-order chi connectivity index (χ0) is 24.4. The lowest BCUT2D eigenvalue weighted by Crippen LogP contribution is -2.11. The monoisotopic (exact) mass is 528 g/mol. The molecule has 5 aromatic rings. The molecule has 0 aliphatic carbocycles. The number of aromatic nitrogens is 3. The zero-order valence-electron chi connectivity index (χ0n) is 19.6. The normalized spacial score (nSPS) is 11.2. The van der Waals surface area contributed by atoms with Gasteiger partial charge < -0.3 is 9.73 Å². The molecule has 0 spiro atoms. The number of anilines is 1. The molecule has 1 N–H and O–H groups in total. The van der Waals surface area contributed by atoms with Gasteiger partial charge in [-0.25, -0.2) is 0 Å². The first-order chi connectivity index (χ1) is 17.0. The first-order valence-electron chi connectivity index (χ1n) is 11.6. The number of hydrogen-bond acceptors (Lipinski definition) is 4. The maximum atomic E-state index is 12.9. The number of nitrogens with one attached hydrogen (secondary N) is 1. The van der Waals surface area contributed by atoms with E-state index in [4.69, 9.17) is 4.42 Å². The number of furan rings is 1. The van der Waals surface area contributed by atoms with Crippen LogP contribution in [0.1, 0.15) is 41.4 Å². The van der Waals surface area contributed by atoms with E-state index < -0.39 is 0 Å². The number of benzene rings is 3. The van der Waals surface area contributed by atoms with Crippen molar-refractivity contribution in [3.63, 3.8) is 0 Å². The molecule has 0 saturated heterocycles. The maximum absolute atomic E-state index is 12.9. The summed E-state index contributed by atoms with van der Waals surface area (Å²) in [6.45, 7) is 4.13. The highest BCUT2D eigenvalue weighted by molar-refractivity contribution is 9.10. The van der Waals surface area contributed by atoms with Crippen molar-refractivity contribution in [2.24, 2.45) is 0 Å². The Hall–Kier alpha value is -3.71. The summed E-state index contributed by atoms with van der Waals surface area (Å²) in [6, 6.07) is 23.3. The minimum atomic E-state index is -0.314. The number of carbonyl (C=O) groups excluding carboxylic acids is 1. The van der Waals surface area contributed by atoms with E-state index in [0.717, 1.165) is 33.2 Å². The predicted molar refractivity (Wildman–Crippen MR) is 142 cm³/mol. The molecule has 0 saturated carbocycles. The van der Waals surface area contributed by atoms with Gasteiger partial charge >= 0.3 is 0 Å². The molecule has 0 atom stereocenters. The third-order valence-electron chi connectivity index (χ3n) is 5.92. The number of aryl methyl sites for hydroxylation is 2. The van der Waals surface area contributed by atoms with Gasteiger partial charge in [-0.3, -0.25) is 4.79 Å². The third-order valence-corrected chi connectivity index (χ3v) is 6.45. The van der Waals surface area contributed by atoms with Crippen LogP contribution in [0.3, 0.4) is 0 Å². The molecule has 6 nitrogen and oxygen atoms in total. The van der Waals surface area contributed by atoms with Crippen LogP contribution in [-0.4, -0.2) is 20.9 Å². The summed E-state index contributed by atoms with van der Waals surface area (Å²) in [5.74, 6) is 0.568. The third kappa shape index (κ3) is 5.05. The summed E-state index contributed by atoms with van der Waals surface area (Å²) in [7, 11) is 0. The van der Waals surface area contributed by atoms with E-state index in [0.29, 0.717) is 17.0 Å². The van der Waals surface area contributed by atoms with Crippen molar-refractivity contribution in [3.8, 4) is 17.0 Å². The second kappa shape index (κ2) is 9.88. The molecule has 3 aromatic carbocycles. The van der Waals surface area contributed by atoms with Crippen LogP contribution in [0.25, 0.3) is 28.0 Å². The van der Waals surface area contributed by atoms with Gasteiger partial charge in [-0.2, -0.15) is 4.80 Å². The number of carbonyl (C=O) groups is 1.